The van der Waals surface area contributed by atoms with E-state index in [1.165, 1.54) is 100 Å². The minimum absolute atomic E-state index is 0.541. The Bertz CT molecular complexity index is 450. The molecule has 0 fully saturated rings. The predicted octanol–water partition coefficient (Wildman–Crippen LogP) is 7.76. The van der Waals surface area contributed by atoms with Gasteiger partial charge in [0.2, 0.25) is 0 Å². The largest absolute Gasteiger partial charge is 0.508 e. The van der Waals surface area contributed by atoms with E-state index in [2.05, 4.69) is 26.8 Å². The molecule has 0 radical (unpaired) electrons. The van der Waals surface area contributed by atoms with Crippen LogP contribution in [-0.4, -0.2) is 5.11 Å². The zero-order chi connectivity index (χ0) is 18.3. The van der Waals surface area contributed by atoms with E-state index in [4.69, 9.17) is 0 Å². The van der Waals surface area contributed by atoms with E-state index < -0.39 is 0 Å². The first-order chi connectivity index (χ1) is 12.2. The van der Waals surface area contributed by atoms with Crippen LogP contribution in [0.3, 0.4) is 0 Å². The molecule has 1 aromatic rings. The van der Waals surface area contributed by atoms with Crippen LogP contribution in [-0.2, 0) is 19.3 Å². The molecule has 0 aromatic heterocycles. The molecule has 1 heteroatoms. The second-order valence-electron chi connectivity index (χ2n) is 7.63. The smallest absolute Gasteiger partial charge is 0.119 e. The third kappa shape index (κ3) is 8.79. The van der Waals surface area contributed by atoms with Crippen LogP contribution < -0.4 is 0 Å². The molecule has 0 heterocycles. The Morgan fingerprint density at radius 3 is 1.56 bits per heavy atom. The van der Waals surface area contributed by atoms with Gasteiger partial charge in [0.1, 0.15) is 5.75 Å². The van der Waals surface area contributed by atoms with Crippen molar-refractivity contribution < 1.29 is 5.11 Å². The van der Waals surface area contributed by atoms with Crippen molar-refractivity contribution >= 4 is 0 Å². The molecule has 1 nitrogen and oxygen atoms in total. The van der Waals surface area contributed by atoms with Crippen LogP contribution in [0.5, 0.6) is 5.75 Å². The first kappa shape index (κ1) is 22.1. The summed E-state index contributed by atoms with van der Waals surface area (Å²) in [7, 11) is 0. The molecule has 0 saturated carbocycles. The number of rotatable bonds is 15. The van der Waals surface area contributed by atoms with Crippen LogP contribution in [0.4, 0.5) is 0 Å². The Balaban J connectivity index is 2.80. The van der Waals surface area contributed by atoms with Gasteiger partial charge < -0.3 is 5.11 Å². The van der Waals surface area contributed by atoms with Gasteiger partial charge in [-0.2, -0.15) is 0 Å². The van der Waals surface area contributed by atoms with Crippen molar-refractivity contribution in [1.29, 1.82) is 0 Å². The molecule has 1 aromatic carbocycles. The zero-order valence-electron chi connectivity index (χ0n) is 17.2. The van der Waals surface area contributed by atoms with Crippen molar-refractivity contribution in [3.8, 4) is 5.75 Å². The average molecular weight is 347 g/mol. The van der Waals surface area contributed by atoms with Crippen LogP contribution in [0.2, 0.25) is 0 Å². The van der Waals surface area contributed by atoms with Crippen molar-refractivity contribution in [3.63, 3.8) is 0 Å². The van der Waals surface area contributed by atoms with E-state index in [0.29, 0.717) is 5.75 Å². The Morgan fingerprint density at radius 2 is 1.04 bits per heavy atom. The molecule has 0 spiro atoms. The van der Waals surface area contributed by atoms with Crippen LogP contribution in [0.15, 0.2) is 12.1 Å². The van der Waals surface area contributed by atoms with E-state index in [-0.39, 0.29) is 0 Å². The number of phenols is 1. The number of hydrogen-bond acceptors (Lipinski definition) is 1. The number of hydrogen-bond donors (Lipinski definition) is 1. The molecule has 0 saturated heterocycles. The van der Waals surface area contributed by atoms with Crippen molar-refractivity contribution in [2.75, 3.05) is 0 Å². The molecule has 0 aliphatic heterocycles. The zero-order valence-corrected chi connectivity index (χ0v) is 17.2. The minimum atomic E-state index is 0.541. The first-order valence-electron chi connectivity index (χ1n) is 11.1. The van der Waals surface area contributed by atoms with Crippen LogP contribution in [0, 0.1) is 0 Å². The number of benzene rings is 1. The van der Waals surface area contributed by atoms with Gasteiger partial charge in [0.05, 0.1) is 0 Å². The van der Waals surface area contributed by atoms with Crippen molar-refractivity contribution in [2.45, 2.75) is 117 Å². The van der Waals surface area contributed by atoms with Gasteiger partial charge in [-0.15, -0.1) is 0 Å². The Kier molecular flexibility index (Phi) is 12.5. The van der Waals surface area contributed by atoms with Crippen molar-refractivity contribution in [1.82, 2.24) is 0 Å². The maximum Gasteiger partial charge on any atom is 0.119 e. The summed E-state index contributed by atoms with van der Waals surface area (Å²) in [5.41, 5.74) is 4.26. The lowest BCUT2D eigenvalue weighted by Crippen LogP contribution is -2.02. The summed E-state index contributed by atoms with van der Waals surface area (Å²) in [6.45, 7) is 6.80. The molecular formula is C24H42O. The van der Waals surface area contributed by atoms with Crippen molar-refractivity contribution in [3.05, 3.63) is 28.8 Å². The van der Waals surface area contributed by atoms with Gasteiger partial charge in [0.25, 0.3) is 0 Å². The minimum Gasteiger partial charge on any atom is -0.508 e. The van der Waals surface area contributed by atoms with Crippen LogP contribution in [0.1, 0.15) is 115 Å². The number of aryl methyl sites for hydroxylation is 1. The highest BCUT2D eigenvalue weighted by atomic mass is 16.3. The predicted molar refractivity (Wildman–Crippen MR) is 112 cm³/mol. The summed E-state index contributed by atoms with van der Waals surface area (Å²) in [4.78, 5) is 0. The first-order valence-corrected chi connectivity index (χ1v) is 11.1. The van der Waals surface area contributed by atoms with Crippen molar-refractivity contribution in [2.24, 2.45) is 0 Å². The van der Waals surface area contributed by atoms with Gasteiger partial charge in [-0.1, -0.05) is 84.6 Å². The molecule has 1 N–H and O–H groups in total. The number of phenolic OH excluding ortho intramolecular Hbond substituents is 1. The monoisotopic (exact) mass is 346 g/mol. The summed E-state index contributed by atoms with van der Waals surface area (Å²) in [5.74, 6) is 0.541. The van der Waals surface area contributed by atoms with E-state index in [9.17, 15) is 5.11 Å². The second kappa shape index (κ2) is 14.2. The molecule has 25 heavy (non-hydrogen) atoms. The molecule has 0 bridgehead atoms. The molecule has 0 aliphatic rings. The molecule has 1 rings (SSSR count). The fourth-order valence-corrected chi connectivity index (χ4v) is 3.75. The van der Waals surface area contributed by atoms with Gasteiger partial charge in [-0.3, -0.25) is 0 Å². The fourth-order valence-electron chi connectivity index (χ4n) is 3.75. The lowest BCUT2D eigenvalue weighted by atomic mass is 9.89. The summed E-state index contributed by atoms with van der Waals surface area (Å²) in [6.07, 6.45) is 18.9. The van der Waals surface area contributed by atoms with Gasteiger partial charge in [0.15, 0.2) is 0 Å². The maximum atomic E-state index is 10.5. The van der Waals surface area contributed by atoms with Gasteiger partial charge in [-0.25, -0.2) is 0 Å². The summed E-state index contributed by atoms with van der Waals surface area (Å²) in [5, 5.41) is 10.5. The molecule has 0 unspecified atom stereocenters. The van der Waals surface area contributed by atoms with E-state index in [0.717, 1.165) is 12.8 Å². The second-order valence-corrected chi connectivity index (χ2v) is 7.63. The fraction of sp³-hybridized carbons (Fsp3) is 0.750. The molecule has 144 valence electrons. The quantitative estimate of drug-likeness (QED) is 0.322. The topological polar surface area (TPSA) is 20.2 Å². The third-order valence-corrected chi connectivity index (χ3v) is 5.36. The van der Waals surface area contributed by atoms with E-state index in [1.807, 2.05) is 6.07 Å². The molecule has 0 atom stereocenters. The SMILES string of the molecule is CCCCCCc1ccc(O)c(CCCCCC)c1CCCCCC. The lowest BCUT2D eigenvalue weighted by Gasteiger charge is -2.17. The van der Waals surface area contributed by atoms with E-state index >= 15 is 0 Å². The molecule has 0 aliphatic carbocycles. The molecular weight excluding hydrogens is 304 g/mol. The van der Waals surface area contributed by atoms with Gasteiger partial charge >= 0.3 is 0 Å². The summed E-state index contributed by atoms with van der Waals surface area (Å²) in [6, 6.07) is 4.16. The normalized spacial score (nSPS) is 11.2. The highest BCUT2D eigenvalue weighted by molar-refractivity contribution is 5.45. The standard InChI is InChI=1S/C24H42O/c1-4-7-10-13-16-21-19-20-24(25)23(18-15-12-9-6-3)22(21)17-14-11-8-5-2/h19-20,25H,4-18H2,1-3H3. The summed E-state index contributed by atoms with van der Waals surface area (Å²) >= 11 is 0. The van der Waals surface area contributed by atoms with Crippen LogP contribution in [0.25, 0.3) is 0 Å². The molecule has 0 amide bonds. The maximum absolute atomic E-state index is 10.5. The van der Waals surface area contributed by atoms with Gasteiger partial charge in [0, 0.05) is 0 Å². The average Bonchev–Trinajstić information content (AvgIpc) is 2.62. The Hall–Kier alpha value is -0.980. The Labute approximate surface area is 157 Å². The highest BCUT2D eigenvalue weighted by Gasteiger charge is 2.13. The highest BCUT2D eigenvalue weighted by Crippen LogP contribution is 2.29. The third-order valence-electron chi connectivity index (χ3n) is 5.36. The lowest BCUT2D eigenvalue weighted by molar-refractivity contribution is 0.464. The summed E-state index contributed by atoms with van der Waals surface area (Å²) < 4.78 is 0. The number of aromatic hydroxyl groups is 1. The van der Waals surface area contributed by atoms with Gasteiger partial charge in [-0.05, 0) is 61.3 Å². The Morgan fingerprint density at radius 1 is 0.560 bits per heavy atom. The number of unbranched alkanes of at least 4 members (excludes halogenated alkanes) is 9. The van der Waals surface area contributed by atoms with E-state index in [1.54, 1.807) is 0 Å². The van der Waals surface area contributed by atoms with Crippen LogP contribution >= 0.6 is 0 Å².